The van der Waals surface area contributed by atoms with Crippen molar-refractivity contribution in [3.05, 3.63) is 108 Å². The number of hydrogen-bond donors (Lipinski definition) is 0. The van der Waals surface area contributed by atoms with Crippen LogP contribution in [-0.2, 0) is 10.8 Å². The molecule has 0 heteroatoms. The molecule has 0 radical (unpaired) electrons. The van der Waals surface area contributed by atoms with Gasteiger partial charge < -0.3 is 0 Å². The molecule has 0 aromatic heterocycles. The Kier molecular flexibility index (Phi) is 1.89. The summed E-state index contributed by atoms with van der Waals surface area (Å²) in [4.78, 5) is 0. The van der Waals surface area contributed by atoms with E-state index in [1.54, 1.807) is 0 Å². The molecule has 1 saturated carbocycles. The van der Waals surface area contributed by atoms with E-state index in [1.165, 1.54) is 27.5 Å². The molecule has 0 heterocycles. The van der Waals surface area contributed by atoms with Crippen LogP contribution >= 0.6 is 0 Å². The highest BCUT2D eigenvalue weighted by Crippen LogP contribution is 2.80. The molecule has 0 aliphatic heterocycles. The van der Waals surface area contributed by atoms with Gasteiger partial charge in [-0.15, -0.1) is 0 Å². The Labute approximate surface area is 135 Å². The van der Waals surface area contributed by atoms with Gasteiger partial charge in [0.1, 0.15) is 0 Å². The molecule has 3 aliphatic carbocycles. The van der Waals surface area contributed by atoms with E-state index in [2.05, 4.69) is 91.0 Å². The summed E-state index contributed by atoms with van der Waals surface area (Å²) >= 11 is 0. The molecule has 0 nitrogen and oxygen atoms in total. The van der Waals surface area contributed by atoms with Crippen LogP contribution in [0.5, 0.6) is 0 Å². The van der Waals surface area contributed by atoms with Crippen LogP contribution in [0.25, 0.3) is 10.8 Å². The van der Waals surface area contributed by atoms with Crippen LogP contribution in [0.2, 0.25) is 0 Å². The van der Waals surface area contributed by atoms with Gasteiger partial charge in [0, 0.05) is 16.7 Å². The molecule has 0 amide bonds. The van der Waals surface area contributed by atoms with Gasteiger partial charge in [0.25, 0.3) is 0 Å². The zero-order valence-corrected chi connectivity index (χ0v) is 12.7. The molecule has 3 unspecified atom stereocenters. The molecule has 1 fully saturated rings. The first-order valence-electron chi connectivity index (χ1n) is 8.35. The monoisotopic (exact) mass is 292 g/mol. The molecule has 23 heavy (non-hydrogen) atoms. The molecule has 0 saturated heterocycles. The Morgan fingerprint density at radius 2 is 1.48 bits per heavy atom. The molecule has 1 spiro atoms. The lowest BCUT2D eigenvalue weighted by atomic mass is 9.83. The maximum atomic E-state index is 2.46. The molecule has 6 rings (SSSR count). The van der Waals surface area contributed by atoms with Gasteiger partial charge in [0.05, 0.1) is 0 Å². The standard InChI is InChI=1S/C23H16/c1-2-10-17(11-3-1)23-19-13-7-9-16-8-6-12-18(21(16)19)22(23)15-5-4-14-20(22)23/h1-15,20H. The van der Waals surface area contributed by atoms with E-state index in [0.29, 0.717) is 5.92 Å². The molecule has 3 aromatic carbocycles. The lowest BCUT2D eigenvalue weighted by molar-refractivity contribution is 0.747. The second-order valence-electron chi connectivity index (χ2n) is 6.97. The highest BCUT2D eigenvalue weighted by Gasteiger charge is 2.79. The minimum absolute atomic E-state index is 0.0843. The first kappa shape index (κ1) is 11.9. The largest absolute Gasteiger partial charge is 0.0789 e. The van der Waals surface area contributed by atoms with Crippen molar-refractivity contribution >= 4 is 10.8 Å². The van der Waals surface area contributed by atoms with Crippen molar-refractivity contribution in [1.29, 1.82) is 0 Å². The number of rotatable bonds is 1. The quantitative estimate of drug-likeness (QED) is 0.583. The van der Waals surface area contributed by atoms with Gasteiger partial charge >= 0.3 is 0 Å². The maximum Gasteiger partial charge on any atom is 0.0421 e. The Balaban J connectivity index is 1.81. The molecular formula is C23H16. The van der Waals surface area contributed by atoms with Crippen LogP contribution in [0.4, 0.5) is 0 Å². The van der Waals surface area contributed by atoms with E-state index >= 15 is 0 Å². The number of allylic oxidation sites excluding steroid dienone is 4. The third-order valence-corrected chi connectivity index (χ3v) is 6.30. The predicted octanol–water partition coefficient (Wildman–Crippen LogP) is 5.13. The number of hydrogen-bond acceptors (Lipinski definition) is 0. The SMILES string of the molecule is C1=CC2C3(C=C1)c1cccc4cccc(c14)C23c1ccccc1. The zero-order valence-electron chi connectivity index (χ0n) is 12.7. The van der Waals surface area contributed by atoms with E-state index in [9.17, 15) is 0 Å². The Hall–Kier alpha value is -2.60. The fourth-order valence-corrected chi connectivity index (χ4v) is 5.59. The van der Waals surface area contributed by atoms with Crippen molar-refractivity contribution in [3.63, 3.8) is 0 Å². The molecule has 108 valence electrons. The highest BCUT2D eigenvalue weighted by atomic mass is 14.8. The van der Waals surface area contributed by atoms with Crippen molar-refractivity contribution in [3.8, 4) is 0 Å². The van der Waals surface area contributed by atoms with Crippen molar-refractivity contribution in [2.24, 2.45) is 5.92 Å². The molecule has 0 N–H and O–H groups in total. The Bertz CT molecular complexity index is 1020. The van der Waals surface area contributed by atoms with Gasteiger partial charge in [0.15, 0.2) is 0 Å². The van der Waals surface area contributed by atoms with Gasteiger partial charge in [-0.2, -0.15) is 0 Å². The summed E-state index contributed by atoms with van der Waals surface area (Å²) in [7, 11) is 0. The first-order valence-corrected chi connectivity index (χ1v) is 8.35. The van der Waals surface area contributed by atoms with E-state index in [4.69, 9.17) is 0 Å². The average Bonchev–Trinajstić information content (AvgIpc) is 3.19. The lowest BCUT2D eigenvalue weighted by Gasteiger charge is -2.18. The topological polar surface area (TPSA) is 0 Å². The van der Waals surface area contributed by atoms with Crippen LogP contribution in [0.1, 0.15) is 16.7 Å². The average molecular weight is 292 g/mol. The second kappa shape index (κ2) is 3.65. The van der Waals surface area contributed by atoms with Gasteiger partial charge in [-0.3, -0.25) is 0 Å². The van der Waals surface area contributed by atoms with Crippen LogP contribution in [0.3, 0.4) is 0 Å². The van der Waals surface area contributed by atoms with Crippen molar-refractivity contribution < 1.29 is 0 Å². The molecule has 3 aromatic rings. The maximum absolute atomic E-state index is 2.46. The smallest absolute Gasteiger partial charge is 0.0421 e. The van der Waals surface area contributed by atoms with E-state index in [0.717, 1.165) is 0 Å². The fraction of sp³-hybridized carbons (Fsp3) is 0.130. The summed E-state index contributed by atoms with van der Waals surface area (Å²) in [5.74, 6) is 0.544. The van der Waals surface area contributed by atoms with Crippen LogP contribution in [0.15, 0.2) is 91.0 Å². The molecule has 0 bridgehead atoms. The van der Waals surface area contributed by atoms with Crippen molar-refractivity contribution in [2.75, 3.05) is 0 Å². The Morgan fingerprint density at radius 3 is 2.30 bits per heavy atom. The zero-order chi connectivity index (χ0) is 15.1. The summed E-state index contributed by atoms with van der Waals surface area (Å²) < 4.78 is 0. The summed E-state index contributed by atoms with van der Waals surface area (Å²) in [5, 5.41) is 2.86. The van der Waals surface area contributed by atoms with Gasteiger partial charge in [0.2, 0.25) is 0 Å². The summed E-state index contributed by atoms with van der Waals surface area (Å²) in [5.41, 5.74) is 4.68. The van der Waals surface area contributed by atoms with Crippen molar-refractivity contribution in [2.45, 2.75) is 10.8 Å². The third-order valence-electron chi connectivity index (χ3n) is 6.30. The lowest BCUT2D eigenvalue weighted by Crippen LogP contribution is -2.16. The minimum atomic E-state index is 0.0843. The summed E-state index contributed by atoms with van der Waals surface area (Å²) in [6.07, 6.45) is 9.34. The first-order chi connectivity index (χ1) is 11.4. The predicted molar refractivity (Wildman–Crippen MR) is 94.6 cm³/mol. The molecular weight excluding hydrogens is 276 g/mol. The van der Waals surface area contributed by atoms with Crippen LogP contribution < -0.4 is 0 Å². The summed E-state index contributed by atoms with van der Waals surface area (Å²) in [6.45, 7) is 0. The highest BCUT2D eigenvalue weighted by molar-refractivity contribution is 5.99. The second-order valence-corrected chi connectivity index (χ2v) is 6.97. The van der Waals surface area contributed by atoms with E-state index < -0.39 is 0 Å². The van der Waals surface area contributed by atoms with Crippen molar-refractivity contribution in [1.82, 2.24) is 0 Å². The number of fused-ring (bicyclic) bond motifs is 2. The summed E-state index contributed by atoms with van der Waals surface area (Å²) in [6, 6.07) is 24.7. The van der Waals surface area contributed by atoms with Gasteiger partial charge in [-0.25, -0.2) is 0 Å². The van der Waals surface area contributed by atoms with E-state index in [1.807, 2.05) is 0 Å². The fourth-order valence-electron chi connectivity index (χ4n) is 5.59. The normalized spacial score (nSPS) is 31.9. The Morgan fingerprint density at radius 1 is 0.696 bits per heavy atom. The molecule has 3 atom stereocenters. The van der Waals surface area contributed by atoms with Crippen LogP contribution in [-0.4, -0.2) is 0 Å². The third kappa shape index (κ3) is 1.06. The van der Waals surface area contributed by atoms with Crippen LogP contribution in [0, 0.1) is 5.92 Å². The van der Waals surface area contributed by atoms with Gasteiger partial charge in [-0.05, 0) is 27.5 Å². The minimum Gasteiger partial charge on any atom is -0.0789 e. The van der Waals surface area contributed by atoms with E-state index in [-0.39, 0.29) is 10.8 Å². The molecule has 3 aliphatic rings. The van der Waals surface area contributed by atoms with Gasteiger partial charge in [-0.1, -0.05) is 91.0 Å². The number of benzene rings is 3.